The minimum atomic E-state index is -0.384. The molecule has 0 bridgehead atoms. The number of alkyl halides is 1. The normalized spacial score (nSPS) is 31.4. The van der Waals surface area contributed by atoms with Gasteiger partial charge in [0, 0.05) is 7.11 Å². The maximum atomic E-state index is 5.94. The molecule has 2 rings (SSSR count). The molecular weight excluding hydrogens is 240 g/mol. The fourth-order valence-corrected chi connectivity index (χ4v) is 2.65. The van der Waals surface area contributed by atoms with E-state index < -0.39 is 0 Å². The van der Waals surface area contributed by atoms with Crippen LogP contribution in [0.2, 0.25) is 0 Å². The Morgan fingerprint density at radius 3 is 2.88 bits per heavy atom. The summed E-state index contributed by atoms with van der Waals surface area (Å²) in [5.41, 5.74) is -0.384. The van der Waals surface area contributed by atoms with E-state index in [0.29, 0.717) is 17.6 Å². The van der Waals surface area contributed by atoms with Crippen molar-refractivity contribution in [1.29, 1.82) is 0 Å². The molecule has 0 spiro atoms. The minimum Gasteiger partial charge on any atom is -0.370 e. The van der Waals surface area contributed by atoms with Crippen molar-refractivity contribution >= 4 is 11.6 Å². The molecule has 1 aromatic heterocycles. The van der Waals surface area contributed by atoms with Crippen LogP contribution in [0, 0.1) is 5.92 Å². The van der Waals surface area contributed by atoms with Gasteiger partial charge in [-0.15, -0.1) is 11.6 Å². The van der Waals surface area contributed by atoms with E-state index in [1.807, 2.05) is 6.92 Å². The summed E-state index contributed by atoms with van der Waals surface area (Å²) in [6, 6.07) is 0. The summed E-state index contributed by atoms with van der Waals surface area (Å²) >= 11 is 5.94. The van der Waals surface area contributed by atoms with E-state index in [1.165, 1.54) is 6.42 Å². The molecule has 0 saturated heterocycles. The lowest BCUT2D eigenvalue weighted by Gasteiger charge is -2.36. The fourth-order valence-electron chi connectivity index (χ4n) is 2.56. The van der Waals surface area contributed by atoms with E-state index in [4.69, 9.17) is 20.9 Å². The van der Waals surface area contributed by atoms with Gasteiger partial charge in [0.25, 0.3) is 0 Å². The molecule has 1 heterocycles. The standard InChI is InChI=1S/C12H19ClN2O2/c1-8-5-4-6-12(7-8,16-3)11-14-10(9(2)13)17-15-11/h8-9H,4-7H2,1-3H3. The Balaban J connectivity index is 2.26. The maximum Gasteiger partial charge on any atom is 0.244 e. The Morgan fingerprint density at radius 2 is 2.35 bits per heavy atom. The minimum absolute atomic E-state index is 0.258. The molecule has 3 atom stereocenters. The summed E-state index contributed by atoms with van der Waals surface area (Å²) in [6.07, 6.45) is 4.26. The molecule has 4 nitrogen and oxygen atoms in total. The lowest BCUT2D eigenvalue weighted by molar-refractivity contribution is -0.0658. The third-order valence-corrected chi connectivity index (χ3v) is 3.72. The third kappa shape index (κ3) is 2.47. The van der Waals surface area contributed by atoms with Crippen LogP contribution in [0.15, 0.2) is 4.52 Å². The highest BCUT2D eigenvalue weighted by atomic mass is 35.5. The zero-order valence-corrected chi connectivity index (χ0v) is 11.3. The summed E-state index contributed by atoms with van der Waals surface area (Å²) in [6.45, 7) is 4.06. The first-order chi connectivity index (χ1) is 8.07. The number of aromatic nitrogens is 2. The first-order valence-corrected chi connectivity index (χ1v) is 6.54. The Kier molecular flexibility index (Phi) is 3.73. The van der Waals surface area contributed by atoms with Crippen LogP contribution in [0.5, 0.6) is 0 Å². The molecule has 0 radical (unpaired) electrons. The van der Waals surface area contributed by atoms with E-state index in [2.05, 4.69) is 17.1 Å². The number of rotatable bonds is 3. The first-order valence-electron chi connectivity index (χ1n) is 6.11. The highest BCUT2D eigenvalue weighted by Gasteiger charge is 2.41. The van der Waals surface area contributed by atoms with Crippen LogP contribution < -0.4 is 0 Å². The van der Waals surface area contributed by atoms with Gasteiger partial charge in [0.1, 0.15) is 11.0 Å². The molecule has 1 aliphatic carbocycles. The van der Waals surface area contributed by atoms with Crippen molar-refractivity contribution in [3.8, 4) is 0 Å². The topological polar surface area (TPSA) is 48.2 Å². The second-order valence-electron chi connectivity index (χ2n) is 4.97. The fraction of sp³-hybridized carbons (Fsp3) is 0.833. The first kappa shape index (κ1) is 12.8. The highest BCUT2D eigenvalue weighted by Crippen LogP contribution is 2.41. The van der Waals surface area contributed by atoms with Crippen molar-refractivity contribution < 1.29 is 9.26 Å². The van der Waals surface area contributed by atoms with Crippen molar-refractivity contribution in [3.05, 3.63) is 11.7 Å². The van der Waals surface area contributed by atoms with E-state index in [0.717, 1.165) is 19.3 Å². The zero-order valence-electron chi connectivity index (χ0n) is 10.6. The Hall–Kier alpha value is -0.610. The van der Waals surface area contributed by atoms with Crippen LogP contribution in [0.4, 0.5) is 0 Å². The molecule has 1 fully saturated rings. The molecule has 0 aliphatic heterocycles. The van der Waals surface area contributed by atoms with Crippen LogP contribution in [0.1, 0.15) is 56.6 Å². The lowest BCUT2D eigenvalue weighted by atomic mass is 9.78. The Morgan fingerprint density at radius 1 is 1.59 bits per heavy atom. The second-order valence-corrected chi connectivity index (χ2v) is 5.63. The predicted molar refractivity (Wildman–Crippen MR) is 64.9 cm³/mol. The van der Waals surface area contributed by atoms with Gasteiger partial charge in [0.2, 0.25) is 11.7 Å². The van der Waals surface area contributed by atoms with Gasteiger partial charge in [-0.3, -0.25) is 0 Å². The SMILES string of the molecule is COC1(c2noc(C(C)Cl)n2)CCCC(C)C1. The van der Waals surface area contributed by atoms with Gasteiger partial charge >= 0.3 is 0 Å². The highest BCUT2D eigenvalue weighted by molar-refractivity contribution is 6.20. The van der Waals surface area contributed by atoms with Crippen molar-refractivity contribution in [3.63, 3.8) is 0 Å². The molecule has 0 amide bonds. The van der Waals surface area contributed by atoms with Crippen molar-refractivity contribution in [2.24, 2.45) is 5.92 Å². The van der Waals surface area contributed by atoms with Crippen LogP contribution in [-0.2, 0) is 10.3 Å². The summed E-state index contributed by atoms with van der Waals surface area (Å²) in [5.74, 6) is 1.74. The van der Waals surface area contributed by atoms with Gasteiger partial charge < -0.3 is 9.26 Å². The van der Waals surface area contributed by atoms with E-state index in [-0.39, 0.29) is 11.0 Å². The molecule has 1 saturated carbocycles. The van der Waals surface area contributed by atoms with E-state index >= 15 is 0 Å². The van der Waals surface area contributed by atoms with Crippen molar-refractivity contribution in [1.82, 2.24) is 10.1 Å². The Labute approximate surface area is 107 Å². The molecule has 3 unspecified atom stereocenters. The number of hydrogen-bond acceptors (Lipinski definition) is 4. The van der Waals surface area contributed by atoms with Gasteiger partial charge in [-0.05, 0) is 32.1 Å². The van der Waals surface area contributed by atoms with Gasteiger partial charge in [-0.1, -0.05) is 18.5 Å². The number of ether oxygens (including phenoxy) is 1. The molecule has 0 aromatic carbocycles. The van der Waals surface area contributed by atoms with Crippen molar-refractivity contribution in [2.75, 3.05) is 7.11 Å². The van der Waals surface area contributed by atoms with Gasteiger partial charge in [0.15, 0.2) is 0 Å². The molecule has 0 N–H and O–H groups in total. The molecule has 5 heteroatoms. The van der Waals surface area contributed by atoms with E-state index in [9.17, 15) is 0 Å². The summed E-state index contributed by atoms with van der Waals surface area (Å²) in [4.78, 5) is 4.38. The second kappa shape index (κ2) is 4.94. The van der Waals surface area contributed by atoms with Crippen LogP contribution >= 0.6 is 11.6 Å². The van der Waals surface area contributed by atoms with Crippen molar-refractivity contribution in [2.45, 2.75) is 50.5 Å². The van der Waals surface area contributed by atoms with E-state index in [1.54, 1.807) is 7.11 Å². The number of nitrogens with zero attached hydrogens (tertiary/aromatic N) is 2. The number of methoxy groups -OCH3 is 1. The summed E-state index contributed by atoms with van der Waals surface area (Å²) < 4.78 is 10.9. The smallest absolute Gasteiger partial charge is 0.244 e. The number of halogens is 1. The largest absolute Gasteiger partial charge is 0.370 e. The third-order valence-electron chi connectivity index (χ3n) is 3.54. The zero-order chi connectivity index (χ0) is 12.5. The van der Waals surface area contributed by atoms with Crippen LogP contribution in [-0.4, -0.2) is 17.3 Å². The summed E-state index contributed by atoms with van der Waals surface area (Å²) in [5, 5.41) is 3.78. The predicted octanol–water partition coefficient (Wildman–Crippen LogP) is 3.42. The molecule has 1 aromatic rings. The Bertz CT molecular complexity index is 380. The average Bonchev–Trinajstić information content (AvgIpc) is 2.78. The van der Waals surface area contributed by atoms with Gasteiger partial charge in [-0.2, -0.15) is 4.98 Å². The molecular formula is C12H19ClN2O2. The molecule has 96 valence electrons. The van der Waals surface area contributed by atoms with Gasteiger partial charge in [-0.25, -0.2) is 0 Å². The monoisotopic (exact) mass is 258 g/mol. The average molecular weight is 259 g/mol. The maximum absolute atomic E-state index is 5.94. The number of hydrogen-bond donors (Lipinski definition) is 0. The molecule has 1 aliphatic rings. The van der Waals surface area contributed by atoms with Crippen LogP contribution in [0.25, 0.3) is 0 Å². The lowest BCUT2D eigenvalue weighted by Crippen LogP contribution is -2.35. The summed E-state index contributed by atoms with van der Waals surface area (Å²) in [7, 11) is 1.72. The van der Waals surface area contributed by atoms with Crippen LogP contribution in [0.3, 0.4) is 0 Å². The quantitative estimate of drug-likeness (QED) is 0.780. The van der Waals surface area contributed by atoms with Gasteiger partial charge in [0.05, 0.1) is 0 Å². The molecule has 17 heavy (non-hydrogen) atoms.